The summed E-state index contributed by atoms with van der Waals surface area (Å²) in [5, 5.41) is 5.75. The predicted octanol–water partition coefficient (Wildman–Crippen LogP) is 4.74. The van der Waals surface area contributed by atoms with Crippen molar-refractivity contribution < 1.29 is 0 Å². The van der Waals surface area contributed by atoms with Crippen LogP contribution >= 0.6 is 33.9 Å². The Labute approximate surface area is 126 Å². The molecule has 3 N–H and O–H groups in total. The van der Waals surface area contributed by atoms with E-state index in [0.29, 0.717) is 12.0 Å². The SMILES string of the molecule is CC(C)C(Nc1ccc(N)cc1I)c1cccs1. The Morgan fingerprint density at radius 3 is 2.61 bits per heavy atom. The van der Waals surface area contributed by atoms with Crippen molar-refractivity contribution >= 4 is 45.3 Å². The highest BCUT2D eigenvalue weighted by molar-refractivity contribution is 14.1. The Morgan fingerprint density at radius 1 is 1.28 bits per heavy atom. The third kappa shape index (κ3) is 3.17. The highest BCUT2D eigenvalue weighted by atomic mass is 127. The van der Waals surface area contributed by atoms with Crippen LogP contribution in [0.25, 0.3) is 0 Å². The minimum atomic E-state index is 0.349. The zero-order valence-corrected chi connectivity index (χ0v) is 13.5. The molecule has 1 unspecified atom stereocenters. The summed E-state index contributed by atoms with van der Waals surface area (Å²) in [6.07, 6.45) is 0. The maximum absolute atomic E-state index is 5.78. The maximum atomic E-state index is 5.78. The fraction of sp³-hybridized carbons (Fsp3) is 0.286. The molecule has 0 spiro atoms. The molecule has 18 heavy (non-hydrogen) atoms. The molecule has 0 aliphatic carbocycles. The van der Waals surface area contributed by atoms with Crippen molar-refractivity contribution in [1.29, 1.82) is 0 Å². The first-order chi connectivity index (χ1) is 8.58. The Morgan fingerprint density at radius 2 is 2.06 bits per heavy atom. The number of anilines is 2. The molecule has 0 bridgehead atoms. The number of nitrogen functional groups attached to an aromatic ring is 1. The Hall–Kier alpha value is -0.750. The number of halogens is 1. The standard InChI is InChI=1S/C14H17IN2S/c1-9(2)14(13-4-3-7-18-13)17-12-6-5-10(16)8-11(12)15/h3-9,14,17H,16H2,1-2H3. The number of benzene rings is 1. The smallest absolute Gasteiger partial charge is 0.0629 e. The van der Waals surface area contributed by atoms with Gasteiger partial charge >= 0.3 is 0 Å². The zero-order valence-electron chi connectivity index (χ0n) is 10.5. The molecule has 1 aromatic heterocycles. The van der Waals surface area contributed by atoms with Gasteiger partial charge in [-0.05, 0) is 58.2 Å². The molecule has 2 nitrogen and oxygen atoms in total. The first kappa shape index (κ1) is 13.7. The molecule has 96 valence electrons. The van der Waals surface area contributed by atoms with E-state index < -0.39 is 0 Å². The van der Waals surface area contributed by atoms with Crippen LogP contribution in [-0.4, -0.2) is 0 Å². The van der Waals surface area contributed by atoms with Crippen LogP contribution in [0.15, 0.2) is 35.7 Å². The lowest BCUT2D eigenvalue weighted by atomic mass is 10.0. The van der Waals surface area contributed by atoms with Gasteiger partial charge in [0.25, 0.3) is 0 Å². The third-order valence-electron chi connectivity index (χ3n) is 2.82. The van der Waals surface area contributed by atoms with E-state index in [1.165, 1.54) is 4.88 Å². The molecule has 1 atom stereocenters. The monoisotopic (exact) mass is 372 g/mol. The minimum absolute atomic E-state index is 0.349. The highest BCUT2D eigenvalue weighted by Crippen LogP contribution is 2.31. The van der Waals surface area contributed by atoms with Crippen LogP contribution in [0.4, 0.5) is 11.4 Å². The number of hydrogen-bond acceptors (Lipinski definition) is 3. The van der Waals surface area contributed by atoms with Crippen LogP contribution in [0, 0.1) is 9.49 Å². The zero-order chi connectivity index (χ0) is 13.1. The Bertz CT molecular complexity index is 509. The number of rotatable bonds is 4. The summed E-state index contributed by atoms with van der Waals surface area (Å²) in [4.78, 5) is 1.37. The summed E-state index contributed by atoms with van der Waals surface area (Å²) in [6.45, 7) is 4.48. The van der Waals surface area contributed by atoms with Crippen LogP contribution in [0.1, 0.15) is 24.8 Å². The summed E-state index contributed by atoms with van der Waals surface area (Å²) >= 11 is 4.12. The van der Waals surface area contributed by atoms with Gasteiger partial charge < -0.3 is 11.1 Å². The number of nitrogens with one attached hydrogen (secondary N) is 1. The molecular weight excluding hydrogens is 355 g/mol. The van der Waals surface area contributed by atoms with Crippen LogP contribution in [0.5, 0.6) is 0 Å². The largest absolute Gasteiger partial charge is 0.399 e. The first-order valence-electron chi connectivity index (χ1n) is 5.93. The van der Waals surface area contributed by atoms with E-state index in [9.17, 15) is 0 Å². The van der Waals surface area contributed by atoms with Gasteiger partial charge in [0.05, 0.1) is 6.04 Å². The average molecular weight is 372 g/mol. The van der Waals surface area contributed by atoms with E-state index in [2.05, 4.69) is 65.3 Å². The van der Waals surface area contributed by atoms with Gasteiger partial charge in [0.1, 0.15) is 0 Å². The van der Waals surface area contributed by atoms with E-state index >= 15 is 0 Å². The van der Waals surface area contributed by atoms with Crippen molar-refractivity contribution in [3.05, 3.63) is 44.2 Å². The lowest BCUT2D eigenvalue weighted by Gasteiger charge is -2.23. The summed E-state index contributed by atoms with van der Waals surface area (Å²) in [5.74, 6) is 0.539. The van der Waals surface area contributed by atoms with Crippen LogP contribution < -0.4 is 11.1 Å². The average Bonchev–Trinajstić information content (AvgIpc) is 2.80. The molecule has 2 rings (SSSR count). The van der Waals surface area contributed by atoms with Gasteiger partial charge in [-0.25, -0.2) is 0 Å². The Balaban J connectivity index is 2.24. The lowest BCUT2D eigenvalue weighted by molar-refractivity contribution is 0.553. The quantitative estimate of drug-likeness (QED) is 0.601. The summed E-state index contributed by atoms with van der Waals surface area (Å²) in [7, 11) is 0. The fourth-order valence-corrected chi connectivity index (χ4v) is 3.49. The van der Waals surface area contributed by atoms with Crippen molar-refractivity contribution in [2.75, 3.05) is 11.1 Å². The molecule has 4 heteroatoms. The van der Waals surface area contributed by atoms with Crippen LogP contribution in [-0.2, 0) is 0 Å². The summed E-state index contributed by atoms with van der Waals surface area (Å²) in [6, 6.07) is 10.6. The van der Waals surface area contributed by atoms with Crippen molar-refractivity contribution in [2.45, 2.75) is 19.9 Å². The second-order valence-electron chi connectivity index (χ2n) is 4.62. The minimum Gasteiger partial charge on any atom is -0.399 e. The normalized spacial score (nSPS) is 12.7. The van der Waals surface area contributed by atoms with Gasteiger partial charge in [-0.3, -0.25) is 0 Å². The van der Waals surface area contributed by atoms with Gasteiger partial charge in [-0.15, -0.1) is 11.3 Å². The molecule has 0 radical (unpaired) electrons. The molecule has 0 fully saturated rings. The van der Waals surface area contributed by atoms with E-state index in [1.807, 2.05) is 12.1 Å². The molecule has 0 aliphatic heterocycles. The molecule has 0 amide bonds. The molecule has 0 aliphatic rings. The predicted molar refractivity (Wildman–Crippen MR) is 89.1 cm³/mol. The summed E-state index contributed by atoms with van der Waals surface area (Å²) < 4.78 is 1.16. The highest BCUT2D eigenvalue weighted by Gasteiger charge is 2.17. The Kier molecular flexibility index (Phi) is 4.50. The second-order valence-corrected chi connectivity index (χ2v) is 6.76. The maximum Gasteiger partial charge on any atom is 0.0629 e. The number of nitrogens with two attached hydrogens (primary N) is 1. The summed E-state index contributed by atoms with van der Waals surface area (Å²) in [5.41, 5.74) is 7.74. The second kappa shape index (κ2) is 5.93. The van der Waals surface area contributed by atoms with Gasteiger partial charge in [-0.2, -0.15) is 0 Å². The van der Waals surface area contributed by atoms with Crippen molar-refractivity contribution in [1.82, 2.24) is 0 Å². The van der Waals surface area contributed by atoms with Crippen LogP contribution in [0.3, 0.4) is 0 Å². The van der Waals surface area contributed by atoms with Crippen LogP contribution in [0.2, 0.25) is 0 Å². The number of thiophene rings is 1. The van der Waals surface area contributed by atoms with E-state index in [4.69, 9.17) is 5.73 Å². The first-order valence-corrected chi connectivity index (χ1v) is 7.88. The topological polar surface area (TPSA) is 38.0 Å². The van der Waals surface area contributed by atoms with Gasteiger partial charge in [0, 0.05) is 19.8 Å². The molecule has 1 aromatic carbocycles. The third-order valence-corrected chi connectivity index (χ3v) is 4.67. The van der Waals surface area contributed by atoms with E-state index in [0.717, 1.165) is 14.9 Å². The molecule has 1 heterocycles. The van der Waals surface area contributed by atoms with E-state index in [1.54, 1.807) is 11.3 Å². The van der Waals surface area contributed by atoms with E-state index in [-0.39, 0.29) is 0 Å². The van der Waals surface area contributed by atoms with Gasteiger partial charge in [0.2, 0.25) is 0 Å². The van der Waals surface area contributed by atoms with Gasteiger partial charge in [0.15, 0.2) is 0 Å². The molecular formula is C14H17IN2S. The van der Waals surface area contributed by atoms with Gasteiger partial charge in [-0.1, -0.05) is 19.9 Å². The fourth-order valence-electron chi connectivity index (χ4n) is 1.85. The van der Waals surface area contributed by atoms with Crippen molar-refractivity contribution in [3.8, 4) is 0 Å². The molecule has 2 aromatic rings. The molecule has 0 saturated carbocycles. The van der Waals surface area contributed by atoms with Crippen molar-refractivity contribution in [3.63, 3.8) is 0 Å². The molecule has 0 saturated heterocycles. The lowest BCUT2D eigenvalue weighted by Crippen LogP contribution is -2.16. The number of hydrogen-bond donors (Lipinski definition) is 2. The van der Waals surface area contributed by atoms with Crippen molar-refractivity contribution in [2.24, 2.45) is 5.92 Å².